The number of nitrogens with two attached hydrogens (primary N) is 1. The topological polar surface area (TPSA) is 51.8 Å². The van der Waals surface area contributed by atoms with Gasteiger partial charge in [0.2, 0.25) is 0 Å². The van der Waals surface area contributed by atoms with E-state index in [2.05, 4.69) is 23.8 Å². The van der Waals surface area contributed by atoms with Gasteiger partial charge >= 0.3 is 0 Å². The molecule has 0 radical (unpaired) electrons. The van der Waals surface area contributed by atoms with E-state index in [4.69, 9.17) is 5.73 Å². The van der Waals surface area contributed by atoms with Gasteiger partial charge in [-0.25, -0.2) is 9.97 Å². The van der Waals surface area contributed by atoms with Gasteiger partial charge in [0.1, 0.15) is 5.82 Å². The summed E-state index contributed by atoms with van der Waals surface area (Å²) < 4.78 is 0. The molecule has 2 N–H and O–H groups in total. The second kappa shape index (κ2) is 3.52. The lowest BCUT2D eigenvalue weighted by molar-refractivity contribution is 0.619. The molecule has 0 spiro atoms. The maximum atomic E-state index is 5.59. The highest BCUT2D eigenvalue weighted by molar-refractivity contribution is 5.38. The van der Waals surface area contributed by atoms with E-state index in [1.54, 1.807) is 6.20 Å². The predicted molar refractivity (Wildman–Crippen MR) is 49.7 cm³/mol. The molecule has 66 valence electrons. The van der Waals surface area contributed by atoms with Gasteiger partial charge in [-0.05, 0) is 12.8 Å². The highest BCUT2D eigenvalue weighted by atomic mass is 14.9. The Morgan fingerprint density at radius 3 is 2.67 bits per heavy atom. The number of aryl methyl sites for hydroxylation is 1. The van der Waals surface area contributed by atoms with Crippen LogP contribution in [0.1, 0.15) is 25.4 Å². The minimum absolute atomic E-state index is 0.591. The van der Waals surface area contributed by atoms with Crippen LogP contribution in [0.5, 0.6) is 0 Å². The highest BCUT2D eigenvalue weighted by Gasteiger charge is 2.02. The zero-order chi connectivity index (χ0) is 9.14. The van der Waals surface area contributed by atoms with Crippen molar-refractivity contribution >= 4 is 5.69 Å². The summed E-state index contributed by atoms with van der Waals surface area (Å²) in [5.41, 5.74) is 7.14. The fourth-order valence-corrected chi connectivity index (χ4v) is 0.988. The maximum absolute atomic E-state index is 5.59. The molecule has 0 fully saturated rings. The average Bonchev–Trinajstić information content (AvgIpc) is 1.96. The van der Waals surface area contributed by atoms with Crippen molar-refractivity contribution in [2.24, 2.45) is 5.92 Å². The van der Waals surface area contributed by atoms with E-state index >= 15 is 0 Å². The molecule has 3 nitrogen and oxygen atoms in total. The van der Waals surface area contributed by atoms with Gasteiger partial charge in [-0.3, -0.25) is 0 Å². The molecule has 1 aromatic rings. The number of anilines is 1. The minimum atomic E-state index is 0.591. The molecule has 0 amide bonds. The summed E-state index contributed by atoms with van der Waals surface area (Å²) in [6.07, 6.45) is 2.60. The van der Waals surface area contributed by atoms with E-state index in [1.165, 1.54) is 0 Å². The van der Waals surface area contributed by atoms with Crippen LogP contribution in [0.25, 0.3) is 0 Å². The van der Waals surface area contributed by atoms with Crippen LogP contribution in [0.2, 0.25) is 0 Å². The molecule has 3 heteroatoms. The molecule has 0 aromatic carbocycles. The number of rotatable bonds is 2. The number of aromatic nitrogens is 2. The number of hydrogen-bond acceptors (Lipinski definition) is 3. The van der Waals surface area contributed by atoms with Crippen molar-refractivity contribution in [3.8, 4) is 0 Å². The van der Waals surface area contributed by atoms with Crippen molar-refractivity contribution < 1.29 is 0 Å². The molecule has 1 aromatic heterocycles. The van der Waals surface area contributed by atoms with E-state index < -0.39 is 0 Å². The smallest absolute Gasteiger partial charge is 0.128 e. The van der Waals surface area contributed by atoms with Gasteiger partial charge in [0.25, 0.3) is 0 Å². The molecule has 0 unspecified atom stereocenters. The molecule has 0 aliphatic carbocycles. The summed E-state index contributed by atoms with van der Waals surface area (Å²) in [5, 5.41) is 0. The van der Waals surface area contributed by atoms with Crippen molar-refractivity contribution in [3.63, 3.8) is 0 Å². The summed E-state index contributed by atoms with van der Waals surface area (Å²) >= 11 is 0. The predicted octanol–water partition coefficient (Wildman–Crippen LogP) is 1.57. The van der Waals surface area contributed by atoms with Crippen LogP contribution in [0.4, 0.5) is 5.69 Å². The first kappa shape index (κ1) is 8.97. The molecular weight excluding hydrogens is 150 g/mol. The summed E-state index contributed by atoms with van der Waals surface area (Å²) in [7, 11) is 0. The Morgan fingerprint density at radius 1 is 1.50 bits per heavy atom. The largest absolute Gasteiger partial charge is 0.396 e. The lowest BCUT2D eigenvalue weighted by Crippen LogP contribution is -2.04. The summed E-state index contributed by atoms with van der Waals surface area (Å²) in [6, 6.07) is 0. The fourth-order valence-electron chi connectivity index (χ4n) is 0.988. The fraction of sp³-hybridized carbons (Fsp3) is 0.556. The van der Waals surface area contributed by atoms with Gasteiger partial charge < -0.3 is 5.73 Å². The van der Waals surface area contributed by atoms with E-state index in [0.29, 0.717) is 11.6 Å². The molecule has 12 heavy (non-hydrogen) atoms. The Bertz CT molecular complexity index is 268. The Balaban J connectivity index is 2.82. The number of hydrogen-bond donors (Lipinski definition) is 1. The first-order valence-electron chi connectivity index (χ1n) is 4.17. The third-order valence-corrected chi connectivity index (χ3v) is 1.66. The average molecular weight is 165 g/mol. The van der Waals surface area contributed by atoms with Gasteiger partial charge in [0, 0.05) is 6.42 Å². The van der Waals surface area contributed by atoms with Gasteiger partial charge in [0.15, 0.2) is 0 Å². The number of nitrogen functional groups attached to an aromatic ring is 1. The van der Waals surface area contributed by atoms with E-state index in [0.717, 1.165) is 17.9 Å². The monoisotopic (exact) mass is 165 g/mol. The van der Waals surface area contributed by atoms with Gasteiger partial charge in [-0.15, -0.1) is 0 Å². The van der Waals surface area contributed by atoms with E-state index in [1.807, 2.05) is 6.92 Å². The van der Waals surface area contributed by atoms with Crippen LogP contribution in [0, 0.1) is 12.8 Å². The molecule has 1 heterocycles. The Morgan fingerprint density at radius 2 is 2.17 bits per heavy atom. The first-order valence-corrected chi connectivity index (χ1v) is 4.17. The molecule has 0 saturated carbocycles. The van der Waals surface area contributed by atoms with Crippen LogP contribution in [0.15, 0.2) is 6.20 Å². The van der Waals surface area contributed by atoms with Crippen molar-refractivity contribution in [1.82, 2.24) is 9.97 Å². The van der Waals surface area contributed by atoms with Crippen LogP contribution in [-0.4, -0.2) is 9.97 Å². The lowest BCUT2D eigenvalue weighted by Gasteiger charge is -2.04. The molecule has 0 bridgehead atoms. The standard InChI is InChI=1S/C9H15N3/c1-6(2)4-9-11-5-8(10)7(3)12-9/h5-6H,4,10H2,1-3H3. The summed E-state index contributed by atoms with van der Waals surface area (Å²) in [6.45, 7) is 6.20. The zero-order valence-electron chi connectivity index (χ0n) is 7.83. The molecule has 0 aliphatic heterocycles. The maximum Gasteiger partial charge on any atom is 0.128 e. The van der Waals surface area contributed by atoms with Crippen LogP contribution in [0.3, 0.4) is 0 Å². The molecular formula is C9H15N3. The first-order chi connectivity index (χ1) is 5.59. The molecule has 0 saturated heterocycles. The van der Waals surface area contributed by atoms with Crippen LogP contribution in [-0.2, 0) is 6.42 Å². The summed E-state index contributed by atoms with van der Waals surface area (Å²) in [5.74, 6) is 1.48. The Kier molecular flexibility index (Phi) is 2.63. The number of nitrogens with zero attached hydrogens (tertiary/aromatic N) is 2. The van der Waals surface area contributed by atoms with Crippen molar-refractivity contribution in [1.29, 1.82) is 0 Å². The molecule has 0 atom stereocenters. The second-order valence-electron chi connectivity index (χ2n) is 3.42. The van der Waals surface area contributed by atoms with E-state index in [-0.39, 0.29) is 0 Å². The third-order valence-electron chi connectivity index (χ3n) is 1.66. The van der Waals surface area contributed by atoms with Crippen molar-refractivity contribution in [3.05, 3.63) is 17.7 Å². The van der Waals surface area contributed by atoms with Crippen molar-refractivity contribution in [2.75, 3.05) is 5.73 Å². The summed E-state index contributed by atoms with van der Waals surface area (Å²) in [4.78, 5) is 8.42. The molecule has 0 aliphatic rings. The lowest BCUT2D eigenvalue weighted by atomic mass is 10.1. The van der Waals surface area contributed by atoms with Crippen molar-refractivity contribution in [2.45, 2.75) is 27.2 Å². The van der Waals surface area contributed by atoms with Crippen LogP contribution < -0.4 is 5.73 Å². The highest BCUT2D eigenvalue weighted by Crippen LogP contribution is 2.08. The quantitative estimate of drug-likeness (QED) is 0.723. The second-order valence-corrected chi connectivity index (χ2v) is 3.42. The SMILES string of the molecule is Cc1nc(CC(C)C)ncc1N. The van der Waals surface area contributed by atoms with Gasteiger partial charge in [0.05, 0.1) is 17.6 Å². The molecule has 1 rings (SSSR count). The third kappa shape index (κ3) is 2.19. The van der Waals surface area contributed by atoms with Crippen LogP contribution >= 0.6 is 0 Å². The van der Waals surface area contributed by atoms with E-state index in [9.17, 15) is 0 Å². The van der Waals surface area contributed by atoms with Gasteiger partial charge in [-0.2, -0.15) is 0 Å². The normalized spacial score (nSPS) is 10.7. The zero-order valence-corrected chi connectivity index (χ0v) is 7.83. The van der Waals surface area contributed by atoms with Gasteiger partial charge in [-0.1, -0.05) is 13.8 Å². The Hall–Kier alpha value is -1.12. The Labute approximate surface area is 73.0 Å². The minimum Gasteiger partial charge on any atom is -0.396 e.